The van der Waals surface area contributed by atoms with E-state index in [4.69, 9.17) is 11.6 Å². The molecule has 1 amide bonds. The fraction of sp³-hybridized carbons (Fsp3) is 0.500. The summed E-state index contributed by atoms with van der Waals surface area (Å²) in [4.78, 5) is 11.9. The van der Waals surface area contributed by atoms with E-state index in [1.807, 2.05) is 24.3 Å². The van der Waals surface area contributed by atoms with Crippen molar-refractivity contribution in [2.75, 3.05) is 19.6 Å². The number of amides is 1. The maximum absolute atomic E-state index is 11.9. The molecule has 0 bridgehead atoms. The Balaban J connectivity index is 1.75. The average Bonchev–Trinajstić information content (AvgIpc) is 2.78. The van der Waals surface area contributed by atoms with Gasteiger partial charge in [0, 0.05) is 18.1 Å². The maximum Gasteiger partial charge on any atom is 0.224 e. The molecule has 4 heteroatoms. The standard InChI is InChI=1S/C14H19ClN2O/c1-10-8-16-9-13(10)14(18)17-7-6-11-2-4-12(15)5-3-11/h2-5,10,13,16H,6-9H2,1H3,(H,17,18). The van der Waals surface area contributed by atoms with E-state index in [2.05, 4.69) is 17.6 Å². The first-order chi connectivity index (χ1) is 8.66. The molecule has 2 rings (SSSR count). The van der Waals surface area contributed by atoms with Crippen molar-refractivity contribution in [2.45, 2.75) is 13.3 Å². The summed E-state index contributed by atoms with van der Waals surface area (Å²) in [6.45, 7) is 4.54. The summed E-state index contributed by atoms with van der Waals surface area (Å²) in [6.07, 6.45) is 0.845. The Morgan fingerprint density at radius 1 is 1.39 bits per heavy atom. The van der Waals surface area contributed by atoms with Crippen LogP contribution in [0.4, 0.5) is 0 Å². The fourth-order valence-corrected chi connectivity index (χ4v) is 2.40. The average molecular weight is 267 g/mol. The quantitative estimate of drug-likeness (QED) is 0.873. The molecule has 1 aliphatic heterocycles. The highest BCUT2D eigenvalue weighted by atomic mass is 35.5. The van der Waals surface area contributed by atoms with E-state index in [-0.39, 0.29) is 11.8 Å². The first-order valence-corrected chi connectivity index (χ1v) is 6.77. The largest absolute Gasteiger partial charge is 0.355 e. The Labute approximate surface area is 113 Å². The summed E-state index contributed by atoms with van der Waals surface area (Å²) in [5.74, 6) is 0.720. The van der Waals surface area contributed by atoms with Gasteiger partial charge in [0.25, 0.3) is 0 Å². The zero-order valence-electron chi connectivity index (χ0n) is 10.6. The SMILES string of the molecule is CC1CNCC1C(=O)NCCc1ccc(Cl)cc1. The van der Waals surface area contributed by atoms with Crippen molar-refractivity contribution in [1.29, 1.82) is 0 Å². The van der Waals surface area contributed by atoms with Crippen LogP contribution < -0.4 is 10.6 Å². The summed E-state index contributed by atoms with van der Waals surface area (Å²) in [6, 6.07) is 7.74. The van der Waals surface area contributed by atoms with E-state index in [1.54, 1.807) is 0 Å². The number of carbonyl (C=O) groups is 1. The van der Waals surface area contributed by atoms with Crippen molar-refractivity contribution >= 4 is 17.5 Å². The predicted molar refractivity (Wildman–Crippen MR) is 73.7 cm³/mol. The van der Waals surface area contributed by atoms with Crippen LogP contribution in [0.1, 0.15) is 12.5 Å². The Morgan fingerprint density at radius 2 is 2.11 bits per heavy atom. The van der Waals surface area contributed by atoms with E-state index in [9.17, 15) is 4.79 Å². The number of benzene rings is 1. The summed E-state index contributed by atoms with van der Waals surface area (Å²) >= 11 is 5.82. The highest BCUT2D eigenvalue weighted by Crippen LogP contribution is 2.15. The smallest absolute Gasteiger partial charge is 0.224 e. The van der Waals surface area contributed by atoms with Crippen LogP contribution in [-0.4, -0.2) is 25.5 Å². The molecular weight excluding hydrogens is 248 g/mol. The maximum atomic E-state index is 11.9. The zero-order chi connectivity index (χ0) is 13.0. The summed E-state index contributed by atoms with van der Waals surface area (Å²) < 4.78 is 0. The second-order valence-electron chi connectivity index (χ2n) is 4.91. The van der Waals surface area contributed by atoms with E-state index in [0.29, 0.717) is 12.5 Å². The molecule has 18 heavy (non-hydrogen) atoms. The van der Waals surface area contributed by atoms with E-state index in [1.165, 1.54) is 5.56 Å². The molecule has 2 N–H and O–H groups in total. The van der Waals surface area contributed by atoms with Crippen LogP contribution in [0.3, 0.4) is 0 Å². The molecule has 0 spiro atoms. The molecule has 1 aromatic rings. The van der Waals surface area contributed by atoms with E-state index in [0.717, 1.165) is 24.5 Å². The Kier molecular flexibility index (Phi) is 4.61. The molecule has 2 unspecified atom stereocenters. The lowest BCUT2D eigenvalue weighted by atomic mass is 9.97. The third-order valence-electron chi connectivity index (χ3n) is 3.48. The van der Waals surface area contributed by atoms with Gasteiger partial charge in [0.2, 0.25) is 5.91 Å². The number of nitrogens with one attached hydrogen (secondary N) is 2. The lowest BCUT2D eigenvalue weighted by molar-refractivity contribution is -0.125. The van der Waals surface area contributed by atoms with Crippen molar-refractivity contribution in [1.82, 2.24) is 10.6 Å². The van der Waals surface area contributed by atoms with Gasteiger partial charge in [0.1, 0.15) is 0 Å². The molecule has 0 aliphatic carbocycles. The van der Waals surface area contributed by atoms with Crippen LogP contribution in [0, 0.1) is 11.8 Å². The second kappa shape index (κ2) is 6.21. The van der Waals surface area contributed by atoms with Gasteiger partial charge in [-0.3, -0.25) is 4.79 Å². The number of halogens is 1. The summed E-state index contributed by atoms with van der Waals surface area (Å²) in [5, 5.41) is 6.99. The number of rotatable bonds is 4. The van der Waals surface area contributed by atoms with Crippen molar-refractivity contribution in [3.8, 4) is 0 Å². The molecule has 0 radical (unpaired) electrons. The molecule has 1 fully saturated rings. The van der Waals surface area contributed by atoms with E-state index >= 15 is 0 Å². The van der Waals surface area contributed by atoms with Crippen molar-refractivity contribution in [3.05, 3.63) is 34.9 Å². The minimum absolute atomic E-state index is 0.121. The summed E-state index contributed by atoms with van der Waals surface area (Å²) in [5.41, 5.74) is 1.19. The van der Waals surface area contributed by atoms with Gasteiger partial charge in [-0.25, -0.2) is 0 Å². The molecule has 0 saturated carbocycles. The van der Waals surface area contributed by atoms with Gasteiger partial charge in [-0.1, -0.05) is 30.7 Å². The van der Waals surface area contributed by atoms with Crippen LogP contribution >= 0.6 is 11.6 Å². The highest BCUT2D eigenvalue weighted by molar-refractivity contribution is 6.30. The minimum atomic E-state index is 0.121. The monoisotopic (exact) mass is 266 g/mol. The fourth-order valence-electron chi connectivity index (χ4n) is 2.27. The third-order valence-corrected chi connectivity index (χ3v) is 3.73. The van der Waals surface area contributed by atoms with Gasteiger partial charge in [0.15, 0.2) is 0 Å². The van der Waals surface area contributed by atoms with Gasteiger partial charge >= 0.3 is 0 Å². The second-order valence-corrected chi connectivity index (χ2v) is 5.35. The molecule has 1 aromatic carbocycles. The number of hydrogen-bond acceptors (Lipinski definition) is 2. The van der Waals surface area contributed by atoms with Crippen LogP contribution in [-0.2, 0) is 11.2 Å². The van der Waals surface area contributed by atoms with Crippen LogP contribution in [0.2, 0.25) is 5.02 Å². The van der Waals surface area contributed by atoms with Crippen LogP contribution in [0.5, 0.6) is 0 Å². The third kappa shape index (κ3) is 3.47. The van der Waals surface area contributed by atoms with Gasteiger partial charge in [-0.15, -0.1) is 0 Å². The van der Waals surface area contributed by atoms with Gasteiger partial charge in [0.05, 0.1) is 5.92 Å². The molecular formula is C14H19ClN2O. The molecule has 1 heterocycles. The molecule has 98 valence electrons. The van der Waals surface area contributed by atoms with Crippen molar-refractivity contribution in [3.63, 3.8) is 0 Å². The number of carbonyl (C=O) groups excluding carboxylic acids is 1. The Morgan fingerprint density at radius 3 is 2.72 bits per heavy atom. The molecule has 1 aliphatic rings. The Hall–Kier alpha value is -1.06. The normalized spacial score (nSPS) is 23.0. The van der Waals surface area contributed by atoms with Crippen LogP contribution in [0.15, 0.2) is 24.3 Å². The van der Waals surface area contributed by atoms with Crippen LogP contribution in [0.25, 0.3) is 0 Å². The van der Waals surface area contributed by atoms with Gasteiger partial charge in [-0.2, -0.15) is 0 Å². The number of hydrogen-bond donors (Lipinski definition) is 2. The zero-order valence-corrected chi connectivity index (χ0v) is 11.3. The summed E-state index contributed by atoms with van der Waals surface area (Å²) in [7, 11) is 0. The van der Waals surface area contributed by atoms with Crippen molar-refractivity contribution in [2.24, 2.45) is 11.8 Å². The highest BCUT2D eigenvalue weighted by Gasteiger charge is 2.28. The lowest BCUT2D eigenvalue weighted by Gasteiger charge is -2.14. The lowest BCUT2D eigenvalue weighted by Crippen LogP contribution is -2.35. The van der Waals surface area contributed by atoms with E-state index < -0.39 is 0 Å². The van der Waals surface area contributed by atoms with Gasteiger partial charge < -0.3 is 10.6 Å². The first-order valence-electron chi connectivity index (χ1n) is 6.39. The molecule has 1 saturated heterocycles. The topological polar surface area (TPSA) is 41.1 Å². The van der Waals surface area contributed by atoms with Crippen molar-refractivity contribution < 1.29 is 4.79 Å². The Bertz CT molecular complexity index is 405. The molecule has 0 aromatic heterocycles. The predicted octanol–water partition coefficient (Wildman–Crippen LogP) is 1.85. The minimum Gasteiger partial charge on any atom is -0.355 e. The molecule has 2 atom stereocenters. The van der Waals surface area contributed by atoms with Gasteiger partial charge in [-0.05, 0) is 36.6 Å². The first kappa shape index (κ1) is 13.4. The molecule has 3 nitrogen and oxygen atoms in total.